The first-order chi connectivity index (χ1) is 6.86. The number of nitrogens with zero attached hydrogens (tertiary/aromatic N) is 2. The average Bonchev–Trinajstić information content (AvgIpc) is 2.25. The zero-order valence-electron chi connectivity index (χ0n) is 7.83. The zero-order chi connectivity index (χ0) is 10.2. The van der Waals surface area contributed by atoms with Gasteiger partial charge >= 0.3 is 0 Å². The molecule has 0 aliphatic rings. The van der Waals surface area contributed by atoms with Crippen molar-refractivity contribution in [3.8, 4) is 18.4 Å². The number of hydrogen-bond donors (Lipinski definition) is 1. The quantitative estimate of drug-likeness (QED) is 0.574. The summed E-state index contributed by atoms with van der Waals surface area (Å²) in [6.07, 6.45) is 8.43. The van der Waals surface area contributed by atoms with Crippen molar-refractivity contribution in [2.45, 2.75) is 12.8 Å². The summed E-state index contributed by atoms with van der Waals surface area (Å²) >= 11 is 0. The Kier molecular flexibility index (Phi) is 4.04. The van der Waals surface area contributed by atoms with Gasteiger partial charge in [-0.1, -0.05) is 0 Å². The number of hydrogen-bond acceptors (Lipinski definition) is 3. The molecule has 0 spiro atoms. The third kappa shape index (κ3) is 3.16. The van der Waals surface area contributed by atoms with Crippen LogP contribution in [0.15, 0.2) is 18.3 Å². The zero-order valence-corrected chi connectivity index (χ0v) is 7.83. The first-order valence-electron chi connectivity index (χ1n) is 4.40. The van der Waals surface area contributed by atoms with Gasteiger partial charge in [0.25, 0.3) is 0 Å². The van der Waals surface area contributed by atoms with Crippen LogP contribution in [0.2, 0.25) is 0 Å². The molecule has 3 heteroatoms. The van der Waals surface area contributed by atoms with Gasteiger partial charge in [0, 0.05) is 24.8 Å². The van der Waals surface area contributed by atoms with Gasteiger partial charge in [-0.2, -0.15) is 5.26 Å². The van der Waals surface area contributed by atoms with Crippen molar-refractivity contribution >= 4 is 5.69 Å². The maximum absolute atomic E-state index is 8.60. The van der Waals surface area contributed by atoms with Gasteiger partial charge in [-0.15, -0.1) is 12.3 Å². The van der Waals surface area contributed by atoms with Crippen LogP contribution in [0, 0.1) is 23.7 Å². The Morgan fingerprint density at radius 2 is 2.43 bits per heavy atom. The number of aromatic nitrogens is 1. The Balaban J connectivity index is 2.44. The lowest BCUT2D eigenvalue weighted by atomic mass is 10.3. The smallest absolute Gasteiger partial charge is 0.142 e. The Hall–Kier alpha value is -2.00. The van der Waals surface area contributed by atoms with E-state index in [1.54, 1.807) is 12.3 Å². The summed E-state index contributed by atoms with van der Waals surface area (Å²) in [4.78, 5) is 3.87. The monoisotopic (exact) mass is 185 g/mol. The molecule has 70 valence electrons. The summed E-state index contributed by atoms with van der Waals surface area (Å²) < 4.78 is 0. The third-order valence-corrected chi connectivity index (χ3v) is 1.70. The van der Waals surface area contributed by atoms with Crippen LogP contribution < -0.4 is 5.32 Å². The van der Waals surface area contributed by atoms with Crippen LogP contribution in [0.1, 0.15) is 18.5 Å². The minimum Gasteiger partial charge on any atom is -0.385 e. The van der Waals surface area contributed by atoms with E-state index in [0.717, 1.165) is 25.1 Å². The first kappa shape index (κ1) is 10.1. The molecule has 1 aromatic rings. The Morgan fingerprint density at radius 3 is 3.14 bits per heavy atom. The fourth-order valence-electron chi connectivity index (χ4n) is 1.02. The van der Waals surface area contributed by atoms with Crippen LogP contribution in [-0.4, -0.2) is 11.5 Å². The lowest BCUT2D eigenvalue weighted by Gasteiger charge is -2.03. The van der Waals surface area contributed by atoms with Gasteiger partial charge in [0.1, 0.15) is 11.8 Å². The second kappa shape index (κ2) is 5.61. The molecule has 1 heterocycles. The second-order valence-electron chi connectivity index (χ2n) is 2.78. The molecule has 0 bridgehead atoms. The molecule has 0 unspecified atom stereocenters. The van der Waals surface area contributed by atoms with E-state index in [0.29, 0.717) is 5.69 Å². The molecule has 14 heavy (non-hydrogen) atoms. The van der Waals surface area contributed by atoms with E-state index < -0.39 is 0 Å². The van der Waals surface area contributed by atoms with Crippen LogP contribution in [0.3, 0.4) is 0 Å². The van der Waals surface area contributed by atoms with Gasteiger partial charge in [-0.3, -0.25) is 0 Å². The molecule has 1 aromatic heterocycles. The number of unbranched alkanes of at least 4 members (excludes halogenated alkanes) is 1. The van der Waals surface area contributed by atoms with E-state index in [-0.39, 0.29) is 0 Å². The molecule has 0 atom stereocenters. The second-order valence-corrected chi connectivity index (χ2v) is 2.78. The van der Waals surface area contributed by atoms with Crippen molar-refractivity contribution in [1.82, 2.24) is 4.98 Å². The Labute approximate surface area is 83.8 Å². The van der Waals surface area contributed by atoms with Crippen LogP contribution in [0.5, 0.6) is 0 Å². The van der Waals surface area contributed by atoms with Crippen molar-refractivity contribution in [2.24, 2.45) is 0 Å². The normalized spacial score (nSPS) is 8.71. The lowest BCUT2D eigenvalue weighted by Crippen LogP contribution is -2.01. The Bertz CT molecular complexity index is 371. The number of terminal acetylenes is 1. The van der Waals surface area contributed by atoms with Crippen LogP contribution >= 0.6 is 0 Å². The van der Waals surface area contributed by atoms with Crippen molar-refractivity contribution in [2.75, 3.05) is 11.9 Å². The molecule has 0 saturated heterocycles. The first-order valence-corrected chi connectivity index (χ1v) is 4.40. The van der Waals surface area contributed by atoms with E-state index in [1.807, 2.05) is 12.1 Å². The highest BCUT2D eigenvalue weighted by Gasteiger charge is 1.94. The van der Waals surface area contributed by atoms with Gasteiger partial charge < -0.3 is 5.32 Å². The van der Waals surface area contributed by atoms with Crippen LogP contribution in [-0.2, 0) is 0 Å². The largest absolute Gasteiger partial charge is 0.385 e. The van der Waals surface area contributed by atoms with E-state index in [4.69, 9.17) is 11.7 Å². The minimum atomic E-state index is 0.423. The minimum absolute atomic E-state index is 0.423. The van der Waals surface area contributed by atoms with E-state index in [9.17, 15) is 0 Å². The molecule has 0 radical (unpaired) electrons. The number of anilines is 1. The SMILES string of the molecule is C#CCCCNc1ccnc(C#N)c1. The van der Waals surface area contributed by atoms with Crippen LogP contribution in [0.25, 0.3) is 0 Å². The summed E-state index contributed by atoms with van der Waals surface area (Å²) in [5.74, 6) is 2.57. The standard InChI is InChI=1S/C11H11N3/c1-2-3-4-6-13-10-5-7-14-11(8-10)9-12/h1,5,7-8H,3-4,6H2,(H,13,14). The predicted octanol–water partition coefficient (Wildman–Crippen LogP) is 1.78. The molecule has 0 aliphatic carbocycles. The molecule has 1 rings (SSSR count). The number of nitrogens with one attached hydrogen (secondary N) is 1. The molecule has 1 N–H and O–H groups in total. The number of pyridine rings is 1. The molecule has 0 fully saturated rings. The van der Waals surface area contributed by atoms with Crippen molar-refractivity contribution in [3.05, 3.63) is 24.0 Å². The summed E-state index contributed by atoms with van der Waals surface area (Å²) in [6, 6.07) is 5.53. The molecule has 0 saturated carbocycles. The topological polar surface area (TPSA) is 48.7 Å². The van der Waals surface area contributed by atoms with Crippen molar-refractivity contribution in [3.63, 3.8) is 0 Å². The van der Waals surface area contributed by atoms with E-state index in [1.165, 1.54) is 0 Å². The van der Waals surface area contributed by atoms with E-state index >= 15 is 0 Å². The van der Waals surface area contributed by atoms with Crippen molar-refractivity contribution in [1.29, 1.82) is 5.26 Å². The molecule has 3 nitrogen and oxygen atoms in total. The molecular formula is C11H11N3. The van der Waals surface area contributed by atoms with Crippen LogP contribution in [0.4, 0.5) is 5.69 Å². The van der Waals surface area contributed by atoms with Gasteiger partial charge in [-0.05, 0) is 18.6 Å². The summed E-state index contributed by atoms with van der Waals surface area (Å²) in [5, 5.41) is 11.8. The third-order valence-electron chi connectivity index (χ3n) is 1.70. The Morgan fingerprint density at radius 1 is 1.57 bits per heavy atom. The molecular weight excluding hydrogens is 174 g/mol. The number of nitriles is 1. The fourth-order valence-corrected chi connectivity index (χ4v) is 1.02. The van der Waals surface area contributed by atoms with Crippen molar-refractivity contribution < 1.29 is 0 Å². The predicted molar refractivity (Wildman–Crippen MR) is 55.5 cm³/mol. The van der Waals surface area contributed by atoms with E-state index in [2.05, 4.69) is 16.2 Å². The highest BCUT2D eigenvalue weighted by molar-refractivity contribution is 5.45. The molecule has 0 amide bonds. The maximum Gasteiger partial charge on any atom is 0.142 e. The van der Waals surface area contributed by atoms with Gasteiger partial charge in [0.15, 0.2) is 0 Å². The lowest BCUT2D eigenvalue weighted by molar-refractivity contribution is 0.907. The van der Waals surface area contributed by atoms with Gasteiger partial charge in [0.05, 0.1) is 0 Å². The highest BCUT2D eigenvalue weighted by Crippen LogP contribution is 2.06. The average molecular weight is 185 g/mol. The summed E-state index contributed by atoms with van der Waals surface area (Å²) in [6.45, 7) is 0.819. The summed E-state index contributed by atoms with van der Waals surface area (Å²) in [7, 11) is 0. The number of rotatable bonds is 4. The highest BCUT2D eigenvalue weighted by atomic mass is 14.9. The molecule has 0 aromatic carbocycles. The van der Waals surface area contributed by atoms with Gasteiger partial charge in [0.2, 0.25) is 0 Å². The van der Waals surface area contributed by atoms with Gasteiger partial charge in [-0.25, -0.2) is 4.98 Å². The fraction of sp³-hybridized carbons (Fsp3) is 0.273. The molecule has 0 aliphatic heterocycles. The maximum atomic E-state index is 8.60. The summed E-state index contributed by atoms with van der Waals surface area (Å²) in [5.41, 5.74) is 1.33.